The number of carbonyl (C=O) groups is 1. The van der Waals surface area contributed by atoms with Gasteiger partial charge in [-0.25, -0.2) is 0 Å². The minimum Gasteiger partial charge on any atom is -0.361 e. The molecule has 1 spiro atoms. The fraction of sp³-hybridized carbons (Fsp3) is 0.769. The number of fused-ring (bicyclic) bond motifs is 1. The van der Waals surface area contributed by atoms with Gasteiger partial charge in [0.25, 0.3) is 0 Å². The van der Waals surface area contributed by atoms with Crippen LogP contribution in [0.1, 0.15) is 27.2 Å². The SMILES string of the molecule is CC(C)(C)C(=O)N1C[C@H]2C[C@@H]3C=C[C@@]2(C1)O3. The van der Waals surface area contributed by atoms with Crippen LogP contribution < -0.4 is 0 Å². The van der Waals surface area contributed by atoms with Gasteiger partial charge in [-0.2, -0.15) is 0 Å². The third-order valence-corrected chi connectivity index (χ3v) is 3.98. The Labute approximate surface area is 96.4 Å². The zero-order valence-electron chi connectivity index (χ0n) is 10.2. The van der Waals surface area contributed by atoms with E-state index >= 15 is 0 Å². The van der Waals surface area contributed by atoms with E-state index in [4.69, 9.17) is 4.74 Å². The van der Waals surface area contributed by atoms with E-state index in [1.165, 1.54) is 0 Å². The van der Waals surface area contributed by atoms with Crippen LogP contribution >= 0.6 is 0 Å². The van der Waals surface area contributed by atoms with Gasteiger partial charge in [0.05, 0.1) is 12.6 Å². The second-order valence-corrected chi connectivity index (χ2v) is 6.34. The lowest BCUT2D eigenvalue weighted by Gasteiger charge is -2.27. The molecule has 0 aromatic heterocycles. The Hall–Kier alpha value is -0.830. The van der Waals surface area contributed by atoms with Gasteiger partial charge in [-0.3, -0.25) is 4.79 Å². The van der Waals surface area contributed by atoms with E-state index in [2.05, 4.69) is 12.2 Å². The molecule has 0 unspecified atom stereocenters. The predicted octanol–water partition coefficient (Wildman–Crippen LogP) is 1.59. The smallest absolute Gasteiger partial charge is 0.228 e. The Balaban J connectivity index is 1.80. The highest BCUT2D eigenvalue weighted by molar-refractivity contribution is 5.82. The molecule has 0 radical (unpaired) electrons. The number of carbonyl (C=O) groups excluding carboxylic acids is 1. The summed E-state index contributed by atoms with van der Waals surface area (Å²) in [6.07, 6.45) is 5.74. The highest BCUT2D eigenvalue weighted by Gasteiger charge is 2.56. The molecule has 3 rings (SSSR count). The summed E-state index contributed by atoms with van der Waals surface area (Å²) in [5.41, 5.74) is -0.414. The molecular weight excluding hydrogens is 202 g/mol. The molecule has 0 aliphatic carbocycles. The van der Waals surface area contributed by atoms with Gasteiger partial charge in [-0.05, 0) is 6.42 Å². The third kappa shape index (κ3) is 1.27. The average Bonchev–Trinajstić information content (AvgIpc) is 2.79. The normalized spacial score (nSPS) is 40.6. The maximum absolute atomic E-state index is 12.2. The zero-order valence-corrected chi connectivity index (χ0v) is 10.2. The molecule has 0 N–H and O–H groups in total. The molecule has 0 saturated carbocycles. The van der Waals surface area contributed by atoms with Gasteiger partial charge in [-0.15, -0.1) is 0 Å². The molecule has 3 heteroatoms. The van der Waals surface area contributed by atoms with E-state index in [1.807, 2.05) is 25.7 Å². The number of rotatable bonds is 0. The van der Waals surface area contributed by atoms with Crippen molar-refractivity contribution in [1.82, 2.24) is 4.90 Å². The van der Waals surface area contributed by atoms with Gasteiger partial charge in [0.2, 0.25) is 5.91 Å². The molecule has 16 heavy (non-hydrogen) atoms. The van der Waals surface area contributed by atoms with Crippen LogP contribution in [-0.2, 0) is 9.53 Å². The molecule has 2 saturated heterocycles. The van der Waals surface area contributed by atoms with Crippen molar-refractivity contribution in [2.75, 3.05) is 13.1 Å². The topological polar surface area (TPSA) is 29.5 Å². The van der Waals surface area contributed by atoms with E-state index in [0.29, 0.717) is 12.0 Å². The zero-order chi connectivity index (χ0) is 11.6. The second-order valence-electron chi connectivity index (χ2n) is 6.34. The molecule has 3 heterocycles. The minimum atomic E-state index is -0.281. The van der Waals surface area contributed by atoms with Crippen LogP contribution in [-0.4, -0.2) is 35.6 Å². The fourth-order valence-electron chi connectivity index (χ4n) is 3.18. The Morgan fingerprint density at radius 2 is 2.25 bits per heavy atom. The van der Waals surface area contributed by atoms with Gasteiger partial charge >= 0.3 is 0 Å². The van der Waals surface area contributed by atoms with Gasteiger partial charge in [0, 0.05) is 17.9 Å². The van der Waals surface area contributed by atoms with Gasteiger partial charge in [0.15, 0.2) is 0 Å². The summed E-state index contributed by atoms with van der Waals surface area (Å²) < 4.78 is 5.97. The third-order valence-electron chi connectivity index (χ3n) is 3.98. The van der Waals surface area contributed by atoms with Crippen molar-refractivity contribution >= 4 is 5.91 Å². The molecule has 88 valence electrons. The Morgan fingerprint density at radius 3 is 2.81 bits per heavy atom. The largest absolute Gasteiger partial charge is 0.361 e. The van der Waals surface area contributed by atoms with Crippen molar-refractivity contribution in [3.63, 3.8) is 0 Å². The molecule has 3 nitrogen and oxygen atoms in total. The van der Waals surface area contributed by atoms with Crippen LogP contribution in [0, 0.1) is 11.3 Å². The van der Waals surface area contributed by atoms with Crippen LogP contribution in [0.5, 0.6) is 0 Å². The monoisotopic (exact) mass is 221 g/mol. The van der Waals surface area contributed by atoms with Crippen molar-refractivity contribution in [1.29, 1.82) is 0 Å². The number of ether oxygens (including phenoxy) is 1. The molecule has 3 atom stereocenters. The number of hydrogen-bond donors (Lipinski definition) is 0. The number of hydrogen-bond acceptors (Lipinski definition) is 2. The van der Waals surface area contributed by atoms with Gasteiger partial charge < -0.3 is 9.64 Å². The summed E-state index contributed by atoms with van der Waals surface area (Å²) in [5, 5.41) is 0. The molecule has 3 aliphatic rings. The van der Waals surface area contributed by atoms with E-state index < -0.39 is 0 Å². The van der Waals surface area contributed by atoms with Gasteiger partial charge in [0.1, 0.15) is 5.60 Å². The predicted molar refractivity (Wildman–Crippen MR) is 60.9 cm³/mol. The highest BCUT2D eigenvalue weighted by Crippen LogP contribution is 2.48. The summed E-state index contributed by atoms with van der Waals surface area (Å²) in [7, 11) is 0. The van der Waals surface area contributed by atoms with Crippen molar-refractivity contribution in [3.8, 4) is 0 Å². The van der Waals surface area contributed by atoms with Crippen molar-refractivity contribution in [2.24, 2.45) is 11.3 Å². The molecular formula is C13H19NO2. The first-order chi connectivity index (χ1) is 7.41. The molecule has 2 fully saturated rings. The quantitative estimate of drug-likeness (QED) is 0.581. The maximum Gasteiger partial charge on any atom is 0.228 e. The van der Waals surface area contributed by atoms with Crippen LogP contribution in [0.3, 0.4) is 0 Å². The molecule has 0 aromatic carbocycles. The van der Waals surface area contributed by atoms with Crippen LogP contribution in [0.4, 0.5) is 0 Å². The van der Waals surface area contributed by atoms with Crippen LogP contribution in [0.15, 0.2) is 12.2 Å². The first kappa shape index (κ1) is 10.3. The average molecular weight is 221 g/mol. The number of likely N-dealkylation sites (tertiary alicyclic amines) is 1. The minimum absolute atomic E-state index is 0.133. The Kier molecular flexibility index (Phi) is 1.87. The summed E-state index contributed by atoms with van der Waals surface area (Å²) in [6, 6.07) is 0. The first-order valence-electron chi connectivity index (χ1n) is 6.07. The maximum atomic E-state index is 12.2. The Morgan fingerprint density at radius 1 is 1.50 bits per heavy atom. The van der Waals surface area contributed by atoms with Gasteiger partial charge in [-0.1, -0.05) is 32.9 Å². The van der Waals surface area contributed by atoms with E-state index in [-0.39, 0.29) is 16.9 Å². The lowest BCUT2D eigenvalue weighted by molar-refractivity contribution is -0.139. The van der Waals surface area contributed by atoms with E-state index in [0.717, 1.165) is 19.5 Å². The number of amides is 1. The summed E-state index contributed by atoms with van der Waals surface area (Å²) >= 11 is 0. The van der Waals surface area contributed by atoms with E-state index in [1.54, 1.807) is 0 Å². The molecule has 3 aliphatic heterocycles. The van der Waals surface area contributed by atoms with Crippen molar-refractivity contribution in [3.05, 3.63) is 12.2 Å². The molecule has 1 amide bonds. The fourth-order valence-corrected chi connectivity index (χ4v) is 3.18. The van der Waals surface area contributed by atoms with Crippen molar-refractivity contribution < 1.29 is 9.53 Å². The highest BCUT2D eigenvalue weighted by atomic mass is 16.5. The summed E-state index contributed by atoms with van der Waals surface area (Å²) in [6.45, 7) is 7.57. The van der Waals surface area contributed by atoms with E-state index in [9.17, 15) is 4.79 Å². The molecule has 2 bridgehead atoms. The lowest BCUT2D eigenvalue weighted by atomic mass is 9.86. The molecule has 0 aromatic rings. The first-order valence-corrected chi connectivity index (χ1v) is 6.07. The number of nitrogens with zero attached hydrogens (tertiary/aromatic N) is 1. The summed E-state index contributed by atoms with van der Waals surface area (Å²) in [4.78, 5) is 14.2. The summed E-state index contributed by atoms with van der Waals surface area (Å²) in [5.74, 6) is 0.769. The van der Waals surface area contributed by atoms with Crippen molar-refractivity contribution in [2.45, 2.75) is 38.9 Å². The Bertz CT molecular complexity index is 369. The second kappa shape index (κ2) is 2.89. The standard InChI is InChI=1S/C13H19NO2/c1-12(2,3)11(15)14-7-9-6-10-4-5-13(9,8-14)16-10/h4-5,9-10H,6-8H2,1-3H3/t9-,10+,13+/m1/s1. The lowest BCUT2D eigenvalue weighted by Crippen LogP contribution is -2.40. The van der Waals surface area contributed by atoms with Crippen LogP contribution in [0.2, 0.25) is 0 Å². The van der Waals surface area contributed by atoms with Crippen LogP contribution in [0.25, 0.3) is 0 Å².